The minimum Gasteiger partial charge on any atom is -0.311 e. The lowest BCUT2D eigenvalue weighted by Crippen LogP contribution is -2.48. The zero-order chi connectivity index (χ0) is 14.1. The van der Waals surface area contributed by atoms with Gasteiger partial charge in [-0.1, -0.05) is 47.0 Å². The second-order valence-corrected chi connectivity index (χ2v) is 8.96. The van der Waals surface area contributed by atoms with E-state index in [1.54, 1.807) is 0 Å². The van der Waals surface area contributed by atoms with E-state index in [-0.39, 0.29) is 0 Å². The van der Waals surface area contributed by atoms with Crippen LogP contribution in [0.1, 0.15) is 86.0 Å². The van der Waals surface area contributed by atoms with Crippen LogP contribution in [-0.2, 0) is 0 Å². The average molecular weight is 265 g/mol. The van der Waals surface area contributed by atoms with Crippen molar-refractivity contribution in [3.8, 4) is 0 Å². The van der Waals surface area contributed by atoms with Crippen LogP contribution in [0.4, 0.5) is 0 Å². The van der Waals surface area contributed by atoms with Crippen molar-refractivity contribution < 1.29 is 0 Å². The molecule has 0 heterocycles. The molecule has 19 heavy (non-hydrogen) atoms. The highest BCUT2D eigenvalue weighted by molar-refractivity contribution is 4.93. The van der Waals surface area contributed by atoms with Gasteiger partial charge in [0.1, 0.15) is 0 Å². The van der Waals surface area contributed by atoms with Crippen molar-refractivity contribution in [2.45, 2.75) is 98.1 Å². The van der Waals surface area contributed by atoms with Crippen LogP contribution in [0.5, 0.6) is 0 Å². The Balaban J connectivity index is 1.90. The van der Waals surface area contributed by atoms with E-state index in [1.807, 2.05) is 0 Å². The second-order valence-electron chi connectivity index (χ2n) is 8.96. The molecule has 0 bridgehead atoms. The zero-order valence-electron chi connectivity index (χ0n) is 13.9. The molecular weight excluding hydrogens is 230 g/mol. The van der Waals surface area contributed by atoms with Gasteiger partial charge in [0.05, 0.1) is 0 Å². The van der Waals surface area contributed by atoms with Gasteiger partial charge in [-0.2, -0.15) is 0 Å². The first-order valence-electron chi connectivity index (χ1n) is 8.54. The fraction of sp³-hybridized carbons (Fsp3) is 1.00. The summed E-state index contributed by atoms with van der Waals surface area (Å²) in [5, 5.41) is 4.00. The van der Waals surface area contributed by atoms with Crippen LogP contribution < -0.4 is 5.32 Å². The van der Waals surface area contributed by atoms with Crippen LogP contribution in [0.3, 0.4) is 0 Å². The number of nitrogens with one attached hydrogen (secondary N) is 1. The van der Waals surface area contributed by atoms with E-state index in [9.17, 15) is 0 Å². The SMILES string of the molecule is C[C@@H](NC1CC(C)(C)CC(C)(C)C1)C1CCCCC1. The van der Waals surface area contributed by atoms with Crippen molar-refractivity contribution in [1.82, 2.24) is 5.32 Å². The molecule has 2 aliphatic carbocycles. The number of hydrogen-bond acceptors (Lipinski definition) is 1. The summed E-state index contributed by atoms with van der Waals surface area (Å²) in [7, 11) is 0. The van der Waals surface area contributed by atoms with Gasteiger partial charge in [0, 0.05) is 12.1 Å². The molecule has 2 rings (SSSR count). The smallest absolute Gasteiger partial charge is 0.00798 e. The van der Waals surface area contributed by atoms with E-state index in [0.29, 0.717) is 10.8 Å². The lowest BCUT2D eigenvalue weighted by atomic mass is 9.63. The summed E-state index contributed by atoms with van der Waals surface area (Å²) in [6.45, 7) is 12.2. The van der Waals surface area contributed by atoms with Gasteiger partial charge in [-0.25, -0.2) is 0 Å². The normalized spacial score (nSPS) is 30.2. The Morgan fingerprint density at radius 2 is 1.42 bits per heavy atom. The molecule has 0 aromatic carbocycles. The van der Waals surface area contributed by atoms with Crippen molar-refractivity contribution in [2.75, 3.05) is 0 Å². The Morgan fingerprint density at radius 1 is 0.895 bits per heavy atom. The first-order chi connectivity index (χ1) is 8.77. The van der Waals surface area contributed by atoms with E-state index < -0.39 is 0 Å². The minimum absolute atomic E-state index is 0.506. The molecule has 0 aromatic rings. The molecule has 0 radical (unpaired) electrons. The van der Waals surface area contributed by atoms with Gasteiger partial charge >= 0.3 is 0 Å². The van der Waals surface area contributed by atoms with Gasteiger partial charge < -0.3 is 5.32 Å². The van der Waals surface area contributed by atoms with Crippen molar-refractivity contribution in [3.63, 3.8) is 0 Å². The highest BCUT2D eigenvalue weighted by Gasteiger charge is 2.39. The Kier molecular flexibility index (Phi) is 4.65. The summed E-state index contributed by atoms with van der Waals surface area (Å²) >= 11 is 0. The fourth-order valence-electron chi connectivity index (χ4n) is 5.11. The topological polar surface area (TPSA) is 12.0 Å². The fourth-order valence-corrected chi connectivity index (χ4v) is 5.11. The molecule has 0 unspecified atom stereocenters. The van der Waals surface area contributed by atoms with Crippen molar-refractivity contribution in [2.24, 2.45) is 16.7 Å². The molecule has 0 saturated heterocycles. The lowest BCUT2D eigenvalue weighted by molar-refractivity contribution is 0.0754. The summed E-state index contributed by atoms with van der Waals surface area (Å²) in [6, 6.07) is 1.45. The minimum atomic E-state index is 0.506. The second kappa shape index (κ2) is 5.76. The van der Waals surface area contributed by atoms with E-state index in [1.165, 1.54) is 51.4 Å². The quantitative estimate of drug-likeness (QED) is 0.744. The van der Waals surface area contributed by atoms with Crippen molar-refractivity contribution in [3.05, 3.63) is 0 Å². The molecule has 1 heteroatoms. The Morgan fingerprint density at radius 3 is 1.95 bits per heavy atom. The zero-order valence-corrected chi connectivity index (χ0v) is 13.9. The third-order valence-electron chi connectivity index (χ3n) is 5.41. The van der Waals surface area contributed by atoms with Crippen LogP contribution in [0.25, 0.3) is 0 Å². The highest BCUT2D eigenvalue weighted by Crippen LogP contribution is 2.46. The highest BCUT2D eigenvalue weighted by atomic mass is 15.0. The molecule has 1 nitrogen and oxygen atoms in total. The first kappa shape index (κ1) is 15.4. The molecule has 0 aliphatic heterocycles. The third-order valence-corrected chi connectivity index (χ3v) is 5.41. The first-order valence-corrected chi connectivity index (χ1v) is 8.54. The summed E-state index contributed by atoms with van der Waals surface area (Å²) in [5.41, 5.74) is 1.01. The average Bonchev–Trinajstić information content (AvgIpc) is 2.25. The van der Waals surface area contributed by atoms with Crippen molar-refractivity contribution in [1.29, 1.82) is 0 Å². The summed E-state index contributed by atoms with van der Waals surface area (Å²) in [6.07, 6.45) is 11.4. The summed E-state index contributed by atoms with van der Waals surface area (Å²) in [4.78, 5) is 0. The molecule has 0 amide bonds. The predicted octanol–water partition coefficient (Wildman–Crippen LogP) is 5.15. The maximum Gasteiger partial charge on any atom is 0.00798 e. The number of rotatable bonds is 3. The standard InChI is InChI=1S/C18H35N/c1-14(15-9-7-6-8-10-15)19-16-11-17(2,3)13-18(4,5)12-16/h14-16,19H,6-13H2,1-5H3/t14-/m1/s1. The Hall–Kier alpha value is -0.0400. The van der Waals surface area contributed by atoms with E-state index in [2.05, 4.69) is 39.9 Å². The number of hydrogen-bond donors (Lipinski definition) is 1. The maximum absolute atomic E-state index is 4.00. The van der Waals surface area contributed by atoms with Gasteiger partial charge in [0.15, 0.2) is 0 Å². The van der Waals surface area contributed by atoms with Gasteiger partial charge in [-0.15, -0.1) is 0 Å². The Labute approximate surface area is 120 Å². The van der Waals surface area contributed by atoms with Gasteiger partial charge in [0.25, 0.3) is 0 Å². The van der Waals surface area contributed by atoms with Crippen LogP contribution in [0, 0.1) is 16.7 Å². The van der Waals surface area contributed by atoms with E-state index in [4.69, 9.17) is 0 Å². The van der Waals surface area contributed by atoms with Crippen LogP contribution in [0.15, 0.2) is 0 Å². The van der Waals surface area contributed by atoms with Crippen LogP contribution in [0.2, 0.25) is 0 Å². The van der Waals surface area contributed by atoms with Gasteiger partial charge in [-0.3, -0.25) is 0 Å². The molecule has 2 saturated carbocycles. The van der Waals surface area contributed by atoms with Crippen molar-refractivity contribution >= 4 is 0 Å². The molecule has 0 spiro atoms. The molecular formula is C18H35N. The third kappa shape index (κ3) is 4.48. The Bertz CT molecular complexity index is 270. The van der Waals surface area contributed by atoms with E-state index >= 15 is 0 Å². The van der Waals surface area contributed by atoms with Crippen LogP contribution >= 0.6 is 0 Å². The lowest BCUT2D eigenvalue weighted by Gasteiger charge is -2.46. The molecule has 2 fully saturated rings. The monoisotopic (exact) mass is 265 g/mol. The largest absolute Gasteiger partial charge is 0.311 e. The summed E-state index contributed by atoms with van der Waals surface area (Å²) < 4.78 is 0. The molecule has 0 aromatic heterocycles. The van der Waals surface area contributed by atoms with Gasteiger partial charge in [-0.05, 0) is 55.8 Å². The van der Waals surface area contributed by atoms with Crippen LogP contribution in [-0.4, -0.2) is 12.1 Å². The summed E-state index contributed by atoms with van der Waals surface area (Å²) in [5.74, 6) is 0.932. The molecule has 112 valence electrons. The maximum atomic E-state index is 4.00. The molecule has 1 N–H and O–H groups in total. The molecule has 1 atom stereocenters. The van der Waals surface area contributed by atoms with E-state index in [0.717, 1.165) is 18.0 Å². The van der Waals surface area contributed by atoms with Gasteiger partial charge in [0.2, 0.25) is 0 Å². The molecule has 2 aliphatic rings. The predicted molar refractivity (Wildman–Crippen MR) is 84.4 cm³/mol.